The maximum Gasteiger partial charge on any atom is 0.263 e. The van der Waals surface area contributed by atoms with Crippen molar-refractivity contribution < 1.29 is 27.8 Å². The number of carbonyl (C=O) groups is 2. The predicted molar refractivity (Wildman–Crippen MR) is 145 cm³/mol. The van der Waals surface area contributed by atoms with Crippen molar-refractivity contribution in [1.82, 2.24) is 19.9 Å². The fourth-order valence-electron chi connectivity index (χ4n) is 4.35. The molecule has 1 aliphatic heterocycles. The van der Waals surface area contributed by atoms with Gasteiger partial charge in [-0.2, -0.15) is 0 Å². The first-order valence-electron chi connectivity index (χ1n) is 11.9. The third-order valence-corrected chi connectivity index (χ3v) is 7.50. The van der Waals surface area contributed by atoms with Gasteiger partial charge in [-0.15, -0.1) is 0 Å². The molecule has 0 radical (unpaired) electrons. The van der Waals surface area contributed by atoms with Crippen LogP contribution in [0.1, 0.15) is 49.0 Å². The Balaban J connectivity index is 1.35. The number of amides is 2. The summed E-state index contributed by atoms with van der Waals surface area (Å²) in [5.74, 6) is -0.236. The van der Waals surface area contributed by atoms with Crippen LogP contribution in [0, 0.1) is 6.92 Å². The number of methoxy groups -OCH3 is 2. The van der Waals surface area contributed by atoms with E-state index in [0.717, 1.165) is 10.9 Å². The van der Waals surface area contributed by atoms with E-state index in [1.807, 2.05) is 0 Å². The van der Waals surface area contributed by atoms with Gasteiger partial charge in [0.1, 0.15) is 16.7 Å². The van der Waals surface area contributed by atoms with Crippen LogP contribution in [0.2, 0.25) is 5.15 Å². The molecule has 1 N–H and O–H groups in total. The molecule has 0 spiro atoms. The van der Waals surface area contributed by atoms with Crippen molar-refractivity contribution in [2.45, 2.75) is 26.4 Å². The van der Waals surface area contributed by atoms with E-state index < -0.39 is 18.2 Å². The molecule has 0 saturated heterocycles. The number of aryl methyl sites for hydroxylation is 1. The Hall–Kier alpha value is -4.16. The third kappa shape index (κ3) is 5.32. The zero-order valence-electron chi connectivity index (χ0n) is 21.5. The van der Waals surface area contributed by atoms with Crippen LogP contribution in [-0.2, 0) is 13.1 Å². The number of nitrogens with one attached hydrogen (secondary N) is 1. The third-order valence-electron chi connectivity index (χ3n) is 6.30. The van der Waals surface area contributed by atoms with Crippen molar-refractivity contribution in [3.05, 3.63) is 80.8 Å². The molecule has 1 aliphatic rings. The first-order valence-corrected chi connectivity index (χ1v) is 13.1. The minimum atomic E-state index is -2.72. The van der Waals surface area contributed by atoms with Gasteiger partial charge in [-0.1, -0.05) is 22.9 Å². The van der Waals surface area contributed by atoms with Gasteiger partial charge in [0, 0.05) is 28.6 Å². The number of hydrogen-bond donors (Lipinski definition) is 1. The Morgan fingerprint density at radius 1 is 1.02 bits per heavy atom. The number of rotatable bonds is 7. The number of anilines is 1. The molecule has 0 bridgehead atoms. The van der Waals surface area contributed by atoms with Crippen LogP contribution in [0.15, 0.2) is 42.7 Å². The van der Waals surface area contributed by atoms with Crippen molar-refractivity contribution >= 4 is 39.9 Å². The van der Waals surface area contributed by atoms with E-state index in [4.69, 9.17) is 21.1 Å². The second-order valence-electron chi connectivity index (χ2n) is 8.84. The lowest BCUT2D eigenvalue weighted by molar-refractivity contribution is 0.0746. The van der Waals surface area contributed by atoms with E-state index in [9.17, 15) is 18.4 Å². The monoisotopic (exact) mass is 585 g/mol. The average Bonchev–Trinajstić information content (AvgIpc) is 3.51. The smallest absolute Gasteiger partial charge is 0.263 e. The van der Waals surface area contributed by atoms with E-state index in [0.29, 0.717) is 33.4 Å². The highest BCUT2D eigenvalue weighted by atomic mass is 35.5. The number of alkyl halides is 2. The number of aromatic nitrogens is 3. The Morgan fingerprint density at radius 3 is 2.50 bits per heavy atom. The van der Waals surface area contributed by atoms with Crippen LogP contribution in [0.25, 0.3) is 11.1 Å². The van der Waals surface area contributed by atoms with Crippen LogP contribution in [0.5, 0.6) is 11.5 Å². The lowest BCUT2D eigenvalue weighted by Crippen LogP contribution is -2.26. The van der Waals surface area contributed by atoms with Crippen LogP contribution in [0.3, 0.4) is 0 Å². The van der Waals surface area contributed by atoms with Gasteiger partial charge >= 0.3 is 0 Å². The number of benzene rings is 1. The molecule has 1 aromatic carbocycles. The molecule has 40 heavy (non-hydrogen) atoms. The van der Waals surface area contributed by atoms with Crippen LogP contribution >= 0.6 is 22.9 Å². The molecule has 2 amide bonds. The lowest BCUT2D eigenvalue weighted by Gasteiger charge is -2.18. The Labute approximate surface area is 236 Å². The van der Waals surface area contributed by atoms with E-state index in [1.165, 1.54) is 55.0 Å². The zero-order valence-corrected chi connectivity index (χ0v) is 23.1. The summed E-state index contributed by atoms with van der Waals surface area (Å²) in [6.07, 6.45) is 0.231. The van der Waals surface area contributed by atoms with Gasteiger partial charge in [0.05, 0.1) is 55.2 Å². The maximum absolute atomic E-state index is 13.3. The minimum absolute atomic E-state index is 0.0509. The maximum atomic E-state index is 13.3. The number of ether oxygens (including phenoxy) is 2. The van der Waals surface area contributed by atoms with Crippen LogP contribution in [0.4, 0.5) is 13.9 Å². The second-order valence-corrected chi connectivity index (χ2v) is 10.3. The second kappa shape index (κ2) is 11.1. The molecule has 9 nitrogen and oxygen atoms in total. The zero-order chi connectivity index (χ0) is 28.6. The molecular formula is C27H22ClF2N5O4S. The van der Waals surface area contributed by atoms with Gasteiger partial charge in [0.15, 0.2) is 5.13 Å². The van der Waals surface area contributed by atoms with E-state index in [-0.39, 0.29) is 40.7 Å². The van der Waals surface area contributed by atoms with Gasteiger partial charge < -0.3 is 14.4 Å². The highest BCUT2D eigenvalue weighted by Gasteiger charge is 2.30. The number of carbonyl (C=O) groups excluding carboxylic acids is 2. The summed E-state index contributed by atoms with van der Waals surface area (Å²) < 4.78 is 37.1. The number of thiazole rings is 1. The number of fused-ring (bicyclic) bond motifs is 1. The number of nitrogens with zero attached hydrogens (tertiary/aromatic N) is 4. The lowest BCUT2D eigenvalue weighted by atomic mass is 10.0. The molecule has 13 heteroatoms. The largest absolute Gasteiger partial charge is 0.496 e. The molecule has 4 heterocycles. The average molecular weight is 586 g/mol. The standard InChI is InChI=1S/C27H22ClF2N5O4S/c1-13-6-15(16-8-23(28)32-10-21(16)39-3)18(9-31-13)25(36)34-27-33-19-11-35(12-22(19)40-27)26(37)17-7-14(24(29)30)4-5-20(17)38-2/h4-10,24H,11-12H2,1-3H3,(H,33,34,36). The first kappa shape index (κ1) is 27.4. The fourth-order valence-corrected chi connectivity index (χ4v) is 5.49. The van der Waals surface area contributed by atoms with Gasteiger partial charge in [0.2, 0.25) is 0 Å². The fraction of sp³-hybridized carbons (Fsp3) is 0.222. The Bertz CT molecular complexity index is 1610. The molecule has 0 saturated carbocycles. The molecular weight excluding hydrogens is 564 g/mol. The van der Waals surface area contributed by atoms with Crippen LogP contribution in [-0.4, -0.2) is 45.9 Å². The summed E-state index contributed by atoms with van der Waals surface area (Å²) in [6, 6.07) is 7.10. The van der Waals surface area contributed by atoms with Crippen LogP contribution < -0.4 is 14.8 Å². The number of pyridine rings is 2. The van der Waals surface area contributed by atoms with Crippen molar-refractivity contribution in [3.63, 3.8) is 0 Å². The van der Waals surface area contributed by atoms with Gasteiger partial charge in [-0.05, 0) is 37.3 Å². The summed E-state index contributed by atoms with van der Waals surface area (Å²) in [7, 11) is 2.87. The predicted octanol–water partition coefficient (Wildman–Crippen LogP) is 5.93. The Kier molecular flexibility index (Phi) is 7.63. The number of halogens is 3. The number of hydrogen-bond acceptors (Lipinski definition) is 8. The molecule has 5 rings (SSSR count). The molecule has 0 aliphatic carbocycles. The van der Waals surface area contributed by atoms with E-state index in [2.05, 4.69) is 20.3 Å². The molecule has 0 fully saturated rings. The van der Waals surface area contributed by atoms with Crippen molar-refractivity contribution in [1.29, 1.82) is 0 Å². The van der Waals surface area contributed by atoms with Gasteiger partial charge in [-0.25, -0.2) is 18.7 Å². The van der Waals surface area contributed by atoms with E-state index in [1.54, 1.807) is 19.1 Å². The SMILES string of the molecule is COc1ccc(C(F)F)cc1C(=O)N1Cc2nc(NC(=O)c3cnc(C)cc3-c3cc(Cl)ncc3OC)sc2C1. The molecule has 3 aromatic heterocycles. The quantitative estimate of drug-likeness (QED) is 0.268. The summed E-state index contributed by atoms with van der Waals surface area (Å²) in [4.78, 5) is 41.6. The Morgan fingerprint density at radius 2 is 1.80 bits per heavy atom. The summed E-state index contributed by atoms with van der Waals surface area (Å²) in [6.45, 7) is 2.18. The summed E-state index contributed by atoms with van der Waals surface area (Å²) in [5, 5.41) is 3.41. The highest BCUT2D eigenvalue weighted by molar-refractivity contribution is 7.16. The minimum Gasteiger partial charge on any atom is -0.496 e. The molecule has 4 aromatic rings. The molecule has 0 unspecified atom stereocenters. The van der Waals surface area contributed by atoms with E-state index >= 15 is 0 Å². The summed E-state index contributed by atoms with van der Waals surface area (Å²) >= 11 is 7.35. The van der Waals surface area contributed by atoms with Crippen molar-refractivity contribution in [2.75, 3.05) is 19.5 Å². The first-order chi connectivity index (χ1) is 19.2. The van der Waals surface area contributed by atoms with Gasteiger partial charge in [-0.3, -0.25) is 19.9 Å². The molecule has 0 atom stereocenters. The molecule has 206 valence electrons. The normalized spacial score (nSPS) is 12.4. The van der Waals surface area contributed by atoms with Crippen molar-refractivity contribution in [2.24, 2.45) is 0 Å². The van der Waals surface area contributed by atoms with Gasteiger partial charge in [0.25, 0.3) is 18.2 Å². The van der Waals surface area contributed by atoms with Crippen molar-refractivity contribution in [3.8, 4) is 22.6 Å². The topological polar surface area (TPSA) is 107 Å². The summed E-state index contributed by atoms with van der Waals surface area (Å²) in [5.41, 5.74) is 2.52. The highest BCUT2D eigenvalue weighted by Crippen LogP contribution is 2.36.